The van der Waals surface area contributed by atoms with Crippen LogP contribution >= 0.6 is 0 Å². The van der Waals surface area contributed by atoms with Crippen molar-refractivity contribution in [3.63, 3.8) is 0 Å². The van der Waals surface area contributed by atoms with Crippen molar-refractivity contribution in [2.24, 2.45) is 11.8 Å². The Labute approximate surface area is 115 Å². The van der Waals surface area contributed by atoms with Gasteiger partial charge in [-0.25, -0.2) is 0 Å². The monoisotopic (exact) mass is 254 g/mol. The molecule has 0 fully saturated rings. The summed E-state index contributed by atoms with van der Waals surface area (Å²) in [6.45, 7) is 12.7. The van der Waals surface area contributed by atoms with Gasteiger partial charge in [0.1, 0.15) is 0 Å². The molecule has 0 aliphatic heterocycles. The maximum absolute atomic E-state index is 10.5. The van der Waals surface area contributed by atoms with Crippen LogP contribution < -0.4 is 0 Å². The molecule has 1 heteroatoms. The lowest BCUT2D eigenvalue weighted by molar-refractivity contribution is -0.0155. The molecule has 1 N–H and O–H groups in total. The van der Waals surface area contributed by atoms with Crippen LogP contribution in [0.1, 0.15) is 80.1 Å². The van der Waals surface area contributed by atoms with Crippen LogP contribution in [0.2, 0.25) is 0 Å². The molecule has 0 aromatic carbocycles. The molecule has 1 nitrogen and oxygen atoms in total. The summed E-state index contributed by atoms with van der Waals surface area (Å²) in [7, 11) is 0. The third kappa shape index (κ3) is 6.58. The molecule has 2 atom stereocenters. The topological polar surface area (TPSA) is 20.2 Å². The normalized spacial score (nSPS) is 22.9. The molecule has 0 spiro atoms. The van der Waals surface area contributed by atoms with Gasteiger partial charge in [-0.05, 0) is 51.4 Å². The van der Waals surface area contributed by atoms with Crippen molar-refractivity contribution < 1.29 is 5.11 Å². The van der Waals surface area contributed by atoms with Gasteiger partial charge in [-0.1, -0.05) is 52.2 Å². The summed E-state index contributed by atoms with van der Waals surface area (Å²) in [4.78, 5) is 0. The lowest BCUT2D eigenvalue weighted by Gasteiger charge is -2.35. The van der Waals surface area contributed by atoms with Gasteiger partial charge < -0.3 is 5.11 Å². The fourth-order valence-corrected chi connectivity index (χ4v) is 2.60. The van der Waals surface area contributed by atoms with Gasteiger partial charge in [-0.15, -0.1) is 0 Å². The first-order valence-corrected chi connectivity index (χ1v) is 7.80. The molecule has 0 saturated carbocycles. The van der Waals surface area contributed by atoms with Crippen LogP contribution in [0.25, 0.3) is 0 Å². The first kappa shape index (κ1) is 17.7. The highest BCUT2D eigenvalue weighted by molar-refractivity contribution is 5.05. The smallest absolute Gasteiger partial charge is 0.0650 e. The standard InChI is InChI=1S/C15H28O.C2H6/c1-12(2)6-5-11-15(4,16)14-9-7-13(3)8-10-14;1-2/h7,12,14,16H,5-6,8-11H2,1-4H3;1-2H3/t14?,15-;/m1./s1. The summed E-state index contributed by atoms with van der Waals surface area (Å²) in [6, 6.07) is 0. The molecule has 108 valence electrons. The zero-order valence-corrected chi connectivity index (χ0v) is 13.4. The van der Waals surface area contributed by atoms with Crippen LogP contribution in [-0.2, 0) is 0 Å². The number of allylic oxidation sites excluding steroid dienone is 2. The SMILES string of the molecule is CC.CC1=CCC([C@](C)(O)CCCC(C)C)CC1. The first-order chi connectivity index (χ1) is 8.42. The van der Waals surface area contributed by atoms with Gasteiger partial charge >= 0.3 is 0 Å². The molecule has 0 saturated heterocycles. The lowest BCUT2D eigenvalue weighted by atomic mass is 9.76. The fourth-order valence-electron chi connectivity index (χ4n) is 2.60. The molecular weight excluding hydrogens is 220 g/mol. The Morgan fingerprint density at radius 1 is 1.39 bits per heavy atom. The Kier molecular flexibility index (Phi) is 8.60. The van der Waals surface area contributed by atoms with Gasteiger partial charge in [0.15, 0.2) is 0 Å². The molecule has 0 bridgehead atoms. The number of rotatable bonds is 5. The largest absolute Gasteiger partial charge is 0.390 e. The molecule has 1 unspecified atom stereocenters. The summed E-state index contributed by atoms with van der Waals surface area (Å²) < 4.78 is 0. The predicted octanol–water partition coefficient (Wildman–Crippen LogP) is 5.34. The molecule has 0 aromatic heterocycles. The third-order valence-corrected chi connectivity index (χ3v) is 3.98. The van der Waals surface area contributed by atoms with Crippen molar-refractivity contribution in [2.45, 2.75) is 85.7 Å². The Morgan fingerprint density at radius 2 is 2.00 bits per heavy atom. The minimum Gasteiger partial charge on any atom is -0.390 e. The summed E-state index contributed by atoms with van der Waals surface area (Å²) >= 11 is 0. The third-order valence-electron chi connectivity index (χ3n) is 3.98. The molecule has 0 heterocycles. The van der Waals surface area contributed by atoms with E-state index in [0.29, 0.717) is 5.92 Å². The zero-order chi connectivity index (χ0) is 14.2. The maximum Gasteiger partial charge on any atom is 0.0650 e. The average molecular weight is 254 g/mol. The van der Waals surface area contributed by atoms with Gasteiger partial charge in [0.2, 0.25) is 0 Å². The molecule has 0 aromatic rings. The number of hydrogen-bond donors (Lipinski definition) is 1. The van der Waals surface area contributed by atoms with Crippen molar-refractivity contribution in [3.8, 4) is 0 Å². The fraction of sp³-hybridized carbons (Fsp3) is 0.882. The summed E-state index contributed by atoms with van der Waals surface area (Å²) in [6.07, 6.45) is 9.07. The molecule has 0 amide bonds. The Balaban J connectivity index is 0.00000137. The quantitative estimate of drug-likeness (QED) is 0.657. The summed E-state index contributed by atoms with van der Waals surface area (Å²) in [5, 5.41) is 10.5. The van der Waals surface area contributed by atoms with E-state index in [4.69, 9.17) is 0 Å². The predicted molar refractivity (Wildman–Crippen MR) is 81.8 cm³/mol. The second-order valence-corrected chi connectivity index (χ2v) is 6.17. The van der Waals surface area contributed by atoms with Crippen LogP contribution in [0.5, 0.6) is 0 Å². The number of hydrogen-bond acceptors (Lipinski definition) is 1. The highest BCUT2D eigenvalue weighted by atomic mass is 16.3. The highest BCUT2D eigenvalue weighted by Gasteiger charge is 2.31. The number of aliphatic hydroxyl groups is 1. The van der Waals surface area contributed by atoms with E-state index in [0.717, 1.165) is 31.6 Å². The first-order valence-electron chi connectivity index (χ1n) is 7.80. The van der Waals surface area contributed by atoms with Crippen molar-refractivity contribution in [3.05, 3.63) is 11.6 Å². The molecular formula is C17H34O. The Morgan fingerprint density at radius 3 is 2.44 bits per heavy atom. The summed E-state index contributed by atoms with van der Waals surface area (Å²) in [5.74, 6) is 1.23. The van der Waals surface area contributed by atoms with Crippen LogP contribution in [0.3, 0.4) is 0 Å². The van der Waals surface area contributed by atoms with Crippen molar-refractivity contribution in [1.29, 1.82) is 0 Å². The van der Waals surface area contributed by atoms with E-state index in [9.17, 15) is 5.11 Å². The second-order valence-electron chi connectivity index (χ2n) is 6.17. The van der Waals surface area contributed by atoms with Gasteiger partial charge in [-0.3, -0.25) is 0 Å². The lowest BCUT2D eigenvalue weighted by Crippen LogP contribution is -2.35. The van der Waals surface area contributed by atoms with E-state index in [2.05, 4.69) is 26.8 Å². The maximum atomic E-state index is 10.5. The molecule has 0 radical (unpaired) electrons. The second kappa shape index (κ2) is 8.74. The summed E-state index contributed by atoms with van der Waals surface area (Å²) in [5.41, 5.74) is 1.04. The molecule has 1 rings (SSSR count). The van der Waals surface area contributed by atoms with E-state index in [1.165, 1.54) is 18.4 Å². The Bertz CT molecular complexity index is 238. The van der Waals surface area contributed by atoms with Crippen LogP contribution in [-0.4, -0.2) is 10.7 Å². The van der Waals surface area contributed by atoms with E-state index in [-0.39, 0.29) is 0 Å². The van der Waals surface area contributed by atoms with Crippen molar-refractivity contribution in [2.75, 3.05) is 0 Å². The molecule has 1 aliphatic rings. The Hall–Kier alpha value is -0.300. The molecule has 1 aliphatic carbocycles. The van der Waals surface area contributed by atoms with Crippen molar-refractivity contribution >= 4 is 0 Å². The van der Waals surface area contributed by atoms with Crippen molar-refractivity contribution in [1.82, 2.24) is 0 Å². The molecule has 18 heavy (non-hydrogen) atoms. The average Bonchev–Trinajstić information content (AvgIpc) is 2.31. The van der Waals surface area contributed by atoms with Gasteiger partial charge in [0.25, 0.3) is 0 Å². The van der Waals surface area contributed by atoms with E-state index in [1.807, 2.05) is 20.8 Å². The minimum absolute atomic E-state index is 0.452. The van der Waals surface area contributed by atoms with E-state index >= 15 is 0 Å². The van der Waals surface area contributed by atoms with Gasteiger partial charge in [-0.2, -0.15) is 0 Å². The highest BCUT2D eigenvalue weighted by Crippen LogP contribution is 2.35. The van der Waals surface area contributed by atoms with Crippen LogP contribution in [0.4, 0.5) is 0 Å². The zero-order valence-electron chi connectivity index (χ0n) is 13.4. The van der Waals surface area contributed by atoms with E-state index in [1.54, 1.807) is 0 Å². The van der Waals surface area contributed by atoms with E-state index < -0.39 is 5.60 Å². The minimum atomic E-state index is -0.452. The van der Waals surface area contributed by atoms with Gasteiger partial charge in [0, 0.05) is 0 Å². The van der Waals surface area contributed by atoms with Crippen LogP contribution in [0, 0.1) is 11.8 Å². The van der Waals surface area contributed by atoms with Gasteiger partial charge in [0.05, 0.1) is 5.60 Å². The van der Waals surface area contributed by atoms with Crippen LogP contribution in [0.15, 0.2) is 11.6 Å².